The van der Waals surface area contributed by atoms with Crippen LogP contribution in [0.5, 0.6) is 11.8 Å². The van der Waals surface area contributed by atoms with Crippen molar-refractivity contribution < 1.29 is 56.4 Å². The molecule has 6 fully saturated rings. The monoisotopic (exact) mass is 1320 g/mol. The van der Waals surface area contributed by atoms with Gasteiger partial charge in [-0.15, -0.1) is 17.8 Å². The van der Waals surface area contributed by atoms with Gasteiger partial charge in [-0.2, -0.15) is 9.97 Å². The van der Waals surface area contributed by atoms with Gasteiger partial charge in [-0.25, -0.2) is 18.6 Å². The van der Waals surface area contributed by atoms with Crippen LogP contribution in [-0.4, -0.2) is 177 Å². The first kappa shape index (κ1) is 67.4. The highest BCUT2D eigenvalue weighted by Gasteiger charge is 2.51. The second-order valence-corrected chi connectivity index (χ2v) is 29.2. The molecule has 6 aromatic rings. The van der Waals surface area contributed by atoms with E-state index in [-0.39, 0.29) is 114 Å². The van der Waals surface area contributed by atoms with Gasteiger partial charge < -0.3 is 48.4 Å². The quantitative estimate of drug-likeness (QED) is 0.0558. The van der Waals surface area contributed by atoms with Crippen LogP contribution in [0.25, 0.3) is 43.4 Å². The molecule has 506 valence electrons. The van der Waals surface area contributed by atoms with Crippen LogP contribution in [0.3, 0.4) is 0 Å². The number of carbonyl (C=O) groups excluding carboxylic acids is 4. The molecule has 95 heavy (non-hydrogen) atoms. The minimum Gasteiger partial charge on any atom is -0.468 e. The van der Waals surface area contributed by atoms with Crippen LogP contribution in [-0.2, 0) is 33.3 Å². The number of amides is 4. The van der Waals surface area contributed by atoms with E-state index < -0.39 is 47.1 Å². The lowest BCUT2D eigenvalue weighted by molar-refractivity contribution is -0.185. The maximum absolute atomic E-state index is 17.9. The Balaban J connectivity index is 0.768. The molecular formula is C72H88F2N10O10S. The van der Waals surface area contributed by atoms with Crippen molar-refractivity contribution in [3.8, 4) is 45.8 Å². The van der Waals surface area contributed by atoms with Crippen LogP contribution in [0.2, 0.25) is 0 Å². The molecule has 3 aromatic carbocycles. The molecule has 6 aliphatic rings. The van der Waals surface area contributed by atoms with Crippen LogP contribution >= 0.6 is 11.3 Å². The molecule has 3 aromatic heterocycles. The Labute approximate surface area is 558 Å². The van der Waals surface area contributed by atoms with Crippen LogP contribution in [0.1, 0.15) is 148 Å². The number of anilines is 1. The number of hydrogen-bond donors (Lipinski definition) is 1. The molecule has 20 nitrogen and oxygen atoms in total. The number of likely N-dealkylation sites (tertiary alicyclic amines) is 3. The highest BCUT2D eigenvalue weighted by molar-refractivity contribution is 7.13. The Morgan fingerprint density at radius 1 is 0.916 bits per heavy atom. The fourth-order valence-electron chi connectivity index (χ4n) is 15.0. The van der Waals surface area contributed by atoms with Gasteiger partial charge in [-0.1, -0.05) is 57.0 Å². The number of hydrogen-bond acceptors (Lipinski definition) is 17. The molecule has 9 heterocycles. The Morgan fingerprint density at radius 3 is 2.39 bits per heavy atom. The second kappa shape index (κ2) is 28.2. The van der Waals surface area contributed by atoms with Crippen molar-refractivity contribution in [2.75, 3.05) is 64.7 Å². The van der Waals surface area contributed by atoms with Crippen molar-refractivity contribution in [3.63, 3.8) is 0 Å². The third-order valence-electron chi connectivity index (χ3n) is 19.5. The van der Waals surface area contributed by atoms with Gasteiger partial charge in [0.15, 0.2) is 18.9 Å². The predicted molar refractivity (Wildman–Crippen MR) is 358 cm³/mol. The number of halogens is 2. The molecule has 1 N–H and O–H groups in total. The van der Waals surface area contributed by atoms with Gasteiger partial charge in [0.05, 0.1) is 51.3 Å². The van der Waals surface area contributed by atoms with Gasteiger partial charge in [0.2, 0.25) is 17.7 Å². The summed E-state index contributed by atoms with van der Waals surface area (Å²) in [6.07, 6.45) is 14.6. The van der Waals surface area contributed by atoms with Gasteiger partial charge in [0, 0.05) is 75.4 Å². The van der Waals surface area contributed by atoms with E-state index in [1.165, 1.54) is 19.4 Å². The van der Waals surface area contributed by atoms with E-state index >= 15 is 13.6 Å². The smallest absolute Gasteiger partial charge is 0.410 e. The summed E-state index contributed by atoms with van der Waals surface area (Å²) in [6.45, 7) is 18.5. The van der Waals surface area contributed by atoms with Gasteiger partial charge in [0.1, 0.15) is 52.9 Å². The van der Waals surface area contributed by atoms with Gasteiger partial charge in [-0.3, -0.25) is 29.2 Å². The largest absolute Gasteiger partial charge is 0.468 e. The highest BCUT2D eigenvalue weighted by Crippen LogP contribution is 2.43. The first-order valence-electron chi connectivity index (χ1n) is 33.6. The fraction of sp³-hybridized carbons (Fsp3) is 0.556. The molecule has 4 unspecified atom stereocenters. The number of fused-ring (bicyclic) bond motifs is 4. The maximum Gasteiger partial charge on any atom is 0.410 e. The lowest BCUT2D eigenvalue weighted by Gasteiger charge is -2.43. The maximum atomic E-state index is 17.9. The summed E-state index contributed by atoms with van der Waals surface area (Å²) < 4.78 is 69.4. The van der Waals surface area contributed by atoms with E-state index in [1.54, 1.807) is 34.4 Å². The van der Waals surface area contributed by atoms with Crippen LogP contribution < -0.4 is 19.7 Å². The summed E-state index contributed by atoms with van der Waals surface area (Å²) in [5.41, 5.74) is 3.30. The van der Waals surface area contributed by atoms with Crippen molar-refractivity contribution >= 4 is 62.6 Å². The fourth-order valence-corrected chi connectivity index (χ4v) is 15.8. The molecule has 0 spiro atoms. The van der Waals surface area contributed by atoms with Crippen molar-refractivity contribution in [1.29, 1.82) is 0 Å². The Bertz CT molecular complexity index is 3850. The topological polar surface area (TPSA) is 203 Å². The van der Waals surface area contributed by atoms with E-state index in [0.717, 1.165) is 79.6 Å². The number of aryl methyl sites for hydroxylation is 1. The van der Waals surface area contributed by atoms with E-state index in [4.69, 9.17) is 49.8 Å². The number of aromatic nitrogens is 4. The van der Waals surface area contributed by atoms with Gasteiger partial charge in [-0.05, 0) is 152 Å². The van der Waals surface area contributed by atoms with Gasteiger partial charge in [0.25, 0.3) is 0 Å². The number of piperazine rings is 1. The minimum atomic E-state index is -0.856. The normalized spacial score (nSPS) is 23.2. The summed E-state index contributed by atoms with van der Waals surface area (Å²) in [7, 11) is 1.48. The van der Waals surface area contributed by atoms with Crippen molar-refractivity contribution in [2.45, 2.75) is 193 Å². The first-order chi connectivity index (χ1) is 45.5. The van der Waals surface area contributed by atoms with Crippen molar-refractivity contribution in [3.05, 3.63) is 88.7 Å². The zero-order valence-electron chi connectivity index (χ0n) is 56.0. The number of pyridine rings is 1. The van der Waals surface area contributed by atoms with E-state index in [1.807, 2.05) is 99.9 Å². The number of thiazole rings is 1. The Kier molecular flexibility index (Phi) is 20.0. The molecule has 23 heteroatoms. The summed E-state index contributed by atoms with van der Waals surface area (Å²) >= 11 is 1.59. The van der Waals surface area contributed by atoms with Crippen molar-refractivity contribution in [2.24, 2.45) is 5.41 Å². The number of methoxy groups -OCH3 is 1. The third-order valence-corrected chi connectivity index (χ3v) is 20.5. The molecule has 6 saturated heterocycles. The average Bonchev–Trinajstić information content (AvgIpc) is 1.39. The summed E-state index contributed by atoms with van der Waals surface area (Å²) in [5.74, 6) is 1.09. The summed E-state index contributed by atoms with van der Waals surface area (Å²) in [5, 5.41) is 4.32. The number of carbonyl (C=O) groups is 4. The zero-order valence-corrected chi connectivity index (χ0v) is 56.8. The molecule has 0 aliphatic carbocycles. The molecule has 2 bridgehead atoms. The number of nitrogens with zero attached hydrogens (tertiary/aromatic N) is 9. The standard InChI is InChI=1S/C72H88F2N10O10S/c1-11-53-56(73)27-23-46-32-51(92-41-89-10)33-54(60(46)53)62-61(74)63-55(35-75-62)66(81-36-48-24-25-49(37-81)83(48)70(88)94-72(7,8)9)79-69(78-63)91-39-50-17-15-30-80(50)29-14-16-47-26-28-58(85)84(47)65(71(4,5)6)68(87)82-38-52(93-59-18-12-13-31-90-59)34-57(82)67(86)77-42(2)44-19-21-45(22-20-44)64-43(3)76-40-95-64/h1,19-23,27,32-33,35,40,42,47-50,52,57,59,65H,12-18,24-26,28-31,34,36-39,41H2,2-10H3,(H,77,86)/t42-,47?,48?,49?,50-,52+,57-,59?,65+/m0/s1. The number of terminal acetylenes is 1. The number of nitrogens with one attached hydrogen (secondary N) is 1. The molecule has 12 rings (SSSR count). The van der Waals surface area contributed by atoms with E-state index in [0.29, 0.717) is 67.8 Å². The molecule has 4 amide bonds. The average molecular weight is 1320 g/mol. The second-order valence-electron chi connectivity index (χ2n) is 28.3. The number of ether oxygens (including phenoxy) is 6. The molecular weight excluding hydrogens is 1230 g/mol. The first-order valence-corrected chi connectivity index (χ1v) is 34.5. The van der Waals surface area contributed by atoms with E-state index in [9.17, 15) is 14.4 Å². The van der Waals surface area contributed by atoms with Crippen molar-refractivity contribution in [1.82, 2.24) is 44.9 Å². The number of rotatable bonds is 20. The lowest BCUT2D eigenvalue weighted by Crippen LogP contribution is -2.59. The van der Waals surface area contributed by atoms with Crippen LogP contribution in [0, 0.1) is 36.3 Å². The minimum absolute atomic E-state index is 0.0481. The lowest BCUT2D eigenvalue weighted by atomic mass is 9.83. The zero-order chi connectivity index (χ0) is 67.0. The summed E-state index contributed by atoms with van der Waals surface area (Å²) in [4.78, 5) is 87.9. The van der Waals surface area contributed by atoms with Crippen LogP contribution in [0.4, 0.5) is 19.4 Å². The Morgan fingerprint density at radius 2 is 1.69 bits per heavy atom. The predicted octanol–water partition coefficient (Wildman–Crippen LogP) is 11.5. The third kappa shape index (κ3) is 14.4. The number of benzene rings is 3. The van der Waals surface area contributed by atoms with Crippen LogP contribution in [0.15, 0.2) is 60.2 Å². The SMILES string of the molecule is C#Cc1c(F)ccc2cc(OCOC)cc(-c3ncc4c(N5CC6CCC(C5)N6C(=O)OC(C)(C)C)nc(OC[C@@H]5CCCN5CCCC5CCC(=O)N5[C@H](C(=O)N5C[C@H](OC6CCCCO6)C[C@H]5C(=O)N[C@@H](C)c5ccc(-c6scnc6C)cc5)C(C)(C)C)nc4c3F)c12. The molecule has 0 radical (unpaired) electrons. The molecule has 0 saturated carbocycles. The van der Waals surface area contributed by atoms with E-state index in [2.05, 4.69) is 21.1 Å². The highest BCUT2D eigenvalue weighted by atomic mass is 32.1. The van der Waals surface area contributed by atoms with Gasteiger partial charge >= 0.3 is 12.1 Å². The molecule has 6 aliphatic heterocycles. The molecule has 9 atom stereocenters. The summed E-state index contributed by atoms with van der Waals surface area (Å²) in [6, 6.07) is 11.4. The Hall–Kier alpha value is -7.62.